The molecular formula is C14H24F2N4. The molecule has 1 rings (SSSR count). The van der Waals surface area contributed by atoms with Crippen molar-refractivity contribution in [2.75, 3.05) is 30.4 Å². The van der Waals surface area contributed by atoms with E-state index in [1.54, 1.807) is 7.05 Å². The number of nitrogens with one attached hydrogen (secondary N) is 1. The fraction of sp³-hybridized carbons (Fsp3) is 0.714. The first kappa shape index (κ1) is 16.6. The van der Waals surface area contributed by atoms with Crippen LogP contribution >= 0.6 is 0 Å². The summed E-state index contributed by atoms with van der Waals surface area (Å²) in [6, 6.07) is 0. The third kappa shape index (κ3) is 4.58. The Morgan fingerprint density at radius 3 is 2.45 bits per heavy atom. The first-order valence-electron chi connectivity index (χ1n) is 7.10. The molecule has 0 aliphatic rings. The van der Waals surface area contributed by atoms with Crippen LogP contribution in [0.5, 0.6) is 0 Å². The van der Waals surface area contributed by atoms with Crippen molar-refractivity contribution in [3.63, 3.8) is 0 Å². The molecule has 0 radical (unpaired) electrons. The summed E-state index contributed by atoms with van der Waals surface area (Å²) in [5.74, 6) is 2.04. The second-order valence-corrected chi connectivity index (χ2v) is 4.89. The van der Waals surface area contributed by atoms with E-state index in [4.69, 9.17) is 0 Å². The maximum Gasteiger partial charge on any atom is 0.255 e. The number of rotatable bonds is 8. The number of aryl methyl sites for hydroxylation is 1. The van der Waals surface area contributed by atoms with Gasteiger partial charge in [-0.1, -0.05) is 13.8 Å². The van der Waals surface area contributed by atoms with Crippen molar-refractivity contribution in [1.29, 1.82) is 0 Å². The van der Waals surface area contributed by atoms with Gasteiger partial charge in [-0.05, 0) is 19.8 Å². The van der Waals surface area contributed by atoms with Crippen molar-refractivity contribution in [2.45, 2.75) is 46.5 Å². The number of halogens is 2. The summed E-state index contributed by atoms with van der Waals surface area (Å²) in [5.41, 5.74) is 0.821. The molecule has 1 aromatic rings. The van der Waals surface area contributed by atoms with Crippen molar-refractivity contribution < 1.29 is 8.78 Å². The molecule has 0 amide bonds. The van der Waals surface area contributed by atoms with Crippen LogP contribution in [0.4, 0.5) is 20.4 Å². The number of hydrogen-bond acceptors (Lipinski definition) is 4. The lowest BCUT2D eigenvalue weighted by molar-refractivity contribution is 0.156. The van der Waals surface area contributed by atoms with Gasteiger partial charge in [0.25, 0.3) is 6.43 Å². The highest BCUT2D eigenvalue weighted by Crippen LogP contribution is 2.23. The fourth-order valence-corrected chi connectivity index (χ4v) is 1.97. The van der Waals surface area contributed by atoms with Crippen molar-refractivity contribution in [3.8, 4) is 0 Å². The van der Waals surface area contributed by atoms with E-state index in [1.807, 2.05) is 13.8 Å². The number of anilines is 2. The number of nitrogens with zero attached hydrogens (tertiary/aromatic N) is 3. The van der Waals surface area contributed by atoms with Gasteiger partial charge in [-0.15, -0.1) is 0 Å². The van der Waals surface area contributed by atoms with Gasteiger partial charge in [-0.2, -0.15) is 0 Å². The highest BCUT2D eigenvalue weighted by molar-refractivity contribution is 5.58. The van der Waals surface area contributed by atoms with Gasteiger partial charge in [0, 0.05) is 25.6 Å². The normalized spacial score (nSPS) is 10.9. The van der Waals surface area contributed by atoms with Gasteiger partial charge in [0.2, 0.25) is 0 Å². The number of aromatic nitrogens is 2. The lowest BCUT2D eigenvalue weighted by atomic mass is 10.2. The highest BCUT2D eigenvalue weighted by atomic mass is 19.3. The minimum Gasteiger partial charge on any atom is -0.370 e. The molecule has 0 spiro atoms. The van der Waals surface area contributed by atoms with Crippen LogP contribution < -0.4 is 10.2 Å². The predicted octanol–water partition coefficient (Wildman–Crippen LogP) is 3.26. The molecule has 0 unspecified atom stereocenters. The zero-order valence-electron chi connectivity index (χ0n) is 12.7. The van der Waals surface area contributed by atoms with E-state index >= 15 is 0 Å². The lowest BCUT2D eigenvalue weighted by Crippen LogP contribution is -2.27. The van der Waals surface area contributed by atoms with E-state index in [0.717, 1.165) is 37.2 Å². The SMILES string of the molecule is CCCNc1nc(CCC)nc(N(C)CC(F)F)c1C. The van der Waals surface area contributed by atoms with Crippen LogP contribution in [0.2, 0.25) is 0 Å². The second kappa shape index (κ2) is 7.97. The first-order valence-corrected chi connectivity index (χ1v) is 7.10. The zero-order chi connectivity index (χ0) is 15.1. The summed E-state index contributed by atoms with van der Waals surface area (Å²) in [4.78, 5) is 10.4. The largest absolute Gasteiger partial charge is 0.370 e. The smallest absolute Gasteiger partial charge is 0.255 e. The van der Waals surface area contributed by atoms with Crippen LogP contribution in [-0.4, -0.2) is 36.5 Å². The summed E-state index contributed by atoms with van der Waals surface area (Å²) in [6.45, 7) is 6.47. The topological polar surface area (TPSA) is 41.1 Å². The Bertz CT molecular complexity index is 424. The van der Waals surface area contributed by atoms with Crippen molar-refractivity contribution in [3.05, 3.63) is 11.4 Å². The molecule has 0 fully saturated rings. The van der Waals surface area contributed by atoms with Gasteiger partial charge < -0.3 is 10.2 Å². The third-order valence-corrected chi connectivity index (χ3v) is 2.96. The second-order valence-electron chi connectivity index (χ2n) is 4.89. The fourth-order valence-electron chi connectivity index (χ4n) is 1.97. The number of hydrogen-bond donors (Lipinski definition) is 1. The molecule has 0 saturated heterocycles. The van der Waals surface area contributed by atoms with Gasteiger partial charge in [-0.3, -0.25) is 0 Å². The van der Waals surface area contributed by atoms with E-state index in [0.29, 0.717) is 11.6 Å². The Morgan fingerprint density at radius 1 is 1.20 bits per heavy atom. The van der Waals surface area contributed by atoms with Gasteiger partial charge in [0.1, 0.15) is 17.5 Å². The molecule has 0 aromatic carbocycles. The molecule has 1 heterocycles. The van der Waals surface area contributed by atoms with Gasteiger partial charge in [-0.25, -0.2) is 18.7 Å². The van der Waals surface area contributed by atoms with Crippen LogP contribution in [0.3, 0.4) is 0 Å². The standard InChI is InChI=1S/C14H24F2N4/c1-5-7-12-18-13(17-8-6-2)10(3)14(19-12)20(4)9-11(15)16/h11H,5-9H2,1-4H3,(H,17,18,19). The Kier molecular flexibility index (Phi) is 6.61. The summed E-state index contributed by atoms with van der Waals surface area (Å²) in [6.07, 6.45) is 0.274. The summed E-state index contributed by atoms with van der Waals surface area (Å²) in [5, 5.41) is 3.24. The average molecular weight is 286 g/mol. The highest BCUT2D eigenvalue weighted by Gasteiger charge is 2.16. The summed E-state index contributed by atoms with van der Waals surface area (Å²) in [7, 11) is 1.64. The van der Waals surface area contributed by atoms with Crippen LogP contribution in [0.15, 0.2) is 0 Å². The Morgan fingerprint density at radius 2 is 1.90 bits per heavy atom. The lowest BCUT2D eigenvalue weighted by Gasteiger charge is -2.22. The minimum absolute atomic E-state index is 0.323. The van der Waals surface area contributed by atoms with Crippen LogP contribution in [0, 0.1) is 6.92 Å². The van der Waals surface area contributed by atoms with Crippen molar-refractivity contribution >= 4 is 11.6 Å². The third-order valence-electron chi connectivity index (χ3n) is 2.96. The van der Waals surface area contributed by atoms with E-state index < -0.39 is 6.43 Å². The molecule has 0 saturated carbocycles. The van der Waals surface area contributed by atoms with Crippen molar-refractivity contribution in [2.24, 2.45) is 0 Å². The van der Waals surface area contributed by atoms with Crippen molar-refractivity contribution in [1.82, 2.24) is 9.97 Å². The Balaban J connectivity index is 3.09. The maximum absolute atomic E-state index is 12.6. The molecule has 4 nitrogen and oxygen atoms in total. The molecule has 0 bridgehead atoms. The predicted molar refractivity (Wildman–Crippen MR) is 78.8 cm³/mol. The molecule has 0 aliphatic carbocycles. The molecule has 1 aromatic heterocycles. The molecule has 6 heteroatoms. The minimum atomic E-state index is -2.38. The zero-order valence-corrected chi connectivity index (χ0v) is 12.7. The van der Waals surface area contributed by atoms with Gasteiger partial charge >= 0.3 is 0 Å². The van der Waals surface area contributed by atoms with E-state index in [2.05, 4.69) is 22.2 Å². The van der Waals surface area contributed by atoms with Crippen LogP contribution in [0.25, 0.3) is 0 Å². The average Bonchev–Trinajstić information content (AvgIpc) is 2.38. The van der Waals surface area contributed by atoms with Gasteiger partial charge in [0.15, 0.2) is 0 Å². The van der Waals surface area contributed by atoms with Crippen LogP contribution in [-0.2, 0) is 6.42 Å². The van der Waals surface area contributed by atoms with E-state index in [-0.39, 0.29) is 6.54 Å². The monoisotopic (exact) mass is 286 g/mol. The quantitative estimate of drug-likeness (QED) is 0.796. The summed E-state index contributed by atoms with van der Waals surface area (Å²) >= 11 is 0. The van der Waals surface area contributed by atoms with E-state index in [1.165, 1.54) is 4.90 Å². The molecule has 114 valence electrons. The molecular weight excluding hydrogens is 262 g/mol. The molecule has 0 atom stereocenters. The van der Waals surface area contributed by atoms with Gasteiger partial charge in [0.05, 0.1) is 6.54 Å². The molecule has 1 N–H and O–H groups in total. The molecule has 0 aliphatic heterocycles. The first-order chi connectivity index (χ1) is 9.49. The van der Waals surface area contributed by atoms with E-state index in [9.17, 15) is 8.78 Å². The Hall–Kier alpha value is -1.46. The number of alkyl halides is 2. The maximum atomic E-state index is 12.6. The summed E-state index contributed by atoms with van der Waals surface area (Å²) < 4.78 is 25.1. The Labute approximate surface area is 119 Å². The molecule has 20 heavy (non-hydrogen) atoms. The van der Waals surface area contributed by atoms with Crippen LogP contribution in [0.1, 0.15) is 38.1 Å².